The van der Waals surface area contributed by atoms with Gasteiger partial charge in [0, 0.05) is 12.6 Å². The van der Waals surface area contributed by atoms with Gasteiger partial charge in [0.2, 0.25) is 0 Å². The first-order valence-corrected chi connectivity index (χ1v) is 7.52. The van der Waals surface area contributed by atoms with Crippen molar-refractivity contribution in [2.45, 2.75) is 19.6 Å². The fourth-order valence-corrected chi connectivity index (χ4v) is 2.47. The molecule has 0 atom stereocenters. The van der Waals surface area contributed by atoms with Crippen LogP contribution in [0.1, 0.15) is 12.0 Å². The zero-order chi connectivity index (χ0) is 17.8. The highest BCUT2D eigenvalue weighted by molar-refractivity contribution is 5.73. The van der Waals surface area contributed by atoms with Crippen LogP contribution in [0, 0.1) is 10.1 Å². The summed E-state index contributed by atoms with van der Waals surface area (Å²) in [7, 11) is 0. The molecular weight excluding hydrogens is 328 g/mol. The zero-order valence-corrected chi connectivity index (χ0v) is 13.1. The minimum absolute atomic E-state index is 0.0515. The van der Waals surface area contributed by atoms with E-state index >= 15 is 0 Å². The topological polar surface area (TPSA) is 105 Å². The summed E-state index contributed by atoms with van der Waals surface area (Å²) < 4.78 is 11.5. The van der Waals surface area contributed by atoms with Gasteiger partial charge in [0.1, 0.15) is 6.61 Å². The lowest BCUT2D eigenvalue weighted by molar-refractivity contribution is -0.385. The molecule has 0 unspecified atom stereocenters. The molecule has 8 nitrogen and oxygen atoms in total. The lowest BCUT2D eigenvalue weighted by atomic mass is 10.2. The Morgan fingerprint density at radius 2 is 1.88 bits per heavy atom. The van der Waals surface area contributed by atoms with E-state index in [1.54, 1.807) is 36.4 Å². The number of nitro benzene ring substituents is 1. The Kier molecular flexibility index (Phi) is 4.60. The summed E-state index contributed by atoms with van der Waals surface area (Å²) in [6.45, 7) is -0.0947. The second kappa shape index (κ2) is 7.00. The molecule has 8 heteroatoms. The number of rotatable bonds is 6. The van der Waals surface area contributed by atoms with E-state index in [4.69, 9.17) is 9.15 Å². The van der Waals surface area contributed by atoms with Crippen molar-refractivity contribution in [1.82, 2.24) is 4.57 Å². The Bertz CT molecular complexity index is 988. The Hall–Kier alpha value is -3.42. The minimum atomic E-state index is -0.560. The molecule has 3 rings (SSSR count). The number of carbonyl (C=O) groups excluding carboxylic acids is 1. The number of nitrogens with zero attached hydrogens (tertiary/aromatic N) is 2. The van der Waals surface area contributed by atoms with Gasteiger partial charge in [-0.05, 0) is 18.2 Å². The van der Waals surface area contributed by atoms with Crippen LogP contribution >= 0.6 is 0 Å². The molecule has 0 amide bonds. The number of nitro groups is 1. The van der Waals surface area contributed by atoms with Crippen molar-refractivity contribution in [2.24, 2.45) is 0 Å². The number of hydrogen-bond acceptors (Lipinski definition) is 6. The fraction of sp³-hybridized carbons (Fsp3) is 0.176. The number of para-hydroxylation sites is 3. The third kappa shape index (κ3) is 3.57. The van der Waals surface area contributed by atoms with Gasteiger partial charge in [-0.25, -0.2) is 4.79 Å². The van der Waals surface area contributed by atoms with E-state index in [0.29, 0.717) is 16.7 Å². The summed E-state index contributed by atoms with van der Waals surface area (Å²) >= 11 is 0. The van der Waals surface area contributed by atoms with E-state index in [1.165, 1.54) is 16.7 Å². The highest BCUT2D eigenvalue weighted by atomic mass is 16.6. The Balaban J connectivity index is 1.63. The largest absolute Gasteiger partial charge is 0.460 e. The van der Waals surface area contributed by atoms with Gasteiger partial charge in [-0.15, -0.1) is 0 Å². The molecule has 0 aliphatic carbocycles. The molecule has 1 heterocycles. The van der Waals surface area contributed by atoms with Crippen LogP contribution in [0.4, 0.5) is 5.69 Å². The molecule has 25 heavy (non-hydrogen) atoms. The summed E-state index contributed by atoms with van der Waals surface area (Å²) in [5.74, 6) is -1.11. The van der Waals surface area contributed by atoms with Crippen molar-refractivity contribution in [1.29, 1.82) is 0 Å². The summed E-state index contributed by atoms with van der Waals surface area (Å²) in [4.78, 5) is 34.1. The van der Waals surface area contributed by atoms with Crippen LogP contribution in [0.25, 0.3) is 11.1 Å². The highest BCUT2D eigenvalue weighted by Crippen LogP contribution is 2.18. The predicted octanol–water partition coefficient (Wildman–Crippen LogP) is 2.64. The van der Waals surface area contributed by atoms with Gasteiger partial charge in [0.15, 0.2) is 5.58 Å². The van der Waals surface area contributed by atoms with Crippen molar-refractivity contribution < 1.29 is 18.9 Å². The molecule has 0 radical (unpaired) electrons. The second-order valence-corrected chi connectivity index (χ2v) is 5.28. The maximum Gasteiger partial charge on any atom is 0.419 e. The lowest BCUT2D eigenvalue weighted by Crippen LogP contribution is -2.17. The van der Waals surface area contributed by atoms with Crippen LogP contribution in [0.5, 0.6) is 0 Å². The van der Waals surface area contributed by atoms with Crippen LogP contribution in [0.15, 0.2) is 57.7 Å². The van der Waals surface area contributed by atoms with E-state index in [1.807, 2.05) is 0 Å². The maximum absolute atomic E-state index is 11.9. The standard InChI is InChI=1S/C17H14N2O6/c20-16(24-11-12-5-1-2-6-13(12)19(22)23)9-10-18-14-7-3-4-8-15(14)25-17(18)21/h1-8H,9-11H2. The Morgan fingerprint density at radius 3 is 2.68 bits per heavy atom. The van der Waals surface area contributed by atoms with Gasteiger partial charge in [0.25, 0.3) is 5.69 Å². The van der Waals surface area contributed by atoms with Crippen molar-refractivity contribution in [3.05, 3.63) is 74.8 Å². The third-order valence-corrected chi connectivity index (χ3v) is 3.69. The normalized spacial score (nSPS) is 10.7. The number of benzene rings is 2. The molecule has 1 aromatic heterocycles. The van der Waals surface area contributed by atoms with Gasteiger partial charge in [-0.3, -0.25) is 19.5 Å². The number of hydrogen-bond donors (Lipinski definition) is 0. The SMILES string of the molecule is O=C(CCn1c(=O)oc2ccccc21)OCc1ccccc1[N+](=O)[O-]. The van der Waals surface area contributed by atoms with Crippen molar-refractivity contribution >= 4 is 22.8 Å². The average Bonchev–Trinajstić information content (AvgIpc) is 2.93. The summed E-state index contributed by atoms with van der Waals surface area (Å²) in [5, 5.41) is 10.9. The molecule has 0 fully saturated rings. The van der Waals surface area contributed by atoms with Crippen LogP contribution in [-0.4, -0.2) is 15.5 Å². The number of fused-ring (bicyclic) bond motifs is 1. The molecule has 0 saturated carbocycles. The van der Waals surface area contributed by atoms with E-state index < -0.39 is 16.6 Å². The number of aromatic nitrogens is 1. The average molecular weight is 342 g/mol. The van der Waals surface area contributed by atoms with Crippen LogP contribution in [0.2, 0.25) is 0 Å². The zero-order valence-electron chi connectivity index (χ0n) is 13.1. The number of aryl methyl sites for hydroxylation is 1. The fourth-order valence-electron chi connectivity index (χ4n) is 2.47. The molecule has 2 aromatic carbocycles. The first kappa shape index (κ1) is 16.4. The molecule has 128 valence electrons. The summed E-state index contributed by atoms with van der Waals surface area (Å²) in [5.41, 5.74) is 1.25. The first-order valence-electron chi connectivity index (χ1n) is 7.52. The quantitative estimate of drug-likeness (QED) is 0.387. The van der Waals surface area contributed by atoms with Crippen molar-refractivity contribution in [3.63, 3.8) is 0 Å². The molecule has 0 N–H and O–H groups in total. The van der Waals surface area contributed by atoms with Gasteiger partial charge < -0.3 is 9.15 Å². The van der Waals surface area contributed by atoms with Crippen molar-refractivity contribution in [2.75, 3.05) is 0 Å². The van der Waals surface area contributed by atoms with E-state index in [9.17, 15) is 19.7 Å². The molecule has 0 bridgehead atoms. The monoisotopic (exact) mass is 342 g/mol. The van der Waals surface area contributed by atoms with Gasteiger partial charge in [-0.1, -0.05) is 24.3 Å². The van der Waals surface area contributed by atoms with Gasteiger partial charge in [0.05, 0.1) is 22.4 Å². The number of carbonyl (C=O) groups is 1. The predicted molar refractivity (Wildman–Crippen MR) is 88.0 cm³/mol. The van der Waals surface area contributed by atoms with E-state index in [2.05, 4.69) is 0 Å². The highest BCUT2D eigenvalue weighted by Gasteiger charge is 2.15. The van der Waals surface area contributed by atoms with Gasteiger partial charge >= 0.3 is 11.7 Å². The smallest absolute Gasteiger partial charge is 0.419 e. The first-order chi connectivity index (χ1) is 12.1. The third-order valence-electron chi connectivity index (χ3n) is 3.69. The Morgan fingerprint density at radius 1 is 1.16 bits per heavy atom. The summed E-state index contributed by atoms with van der Waals surface area (Å²) in [6.07, 6.45) is -0.0515. The minimum Gasteiger partial charge on any atom is -0.460 e. The molecule has 0 aliphatic heterocycles. The molecule has 0 spiro atoms. The number of esters is 1. The molecule has 3 aromatic rings. The van der Waals surface area contributed by atoms with E-state index in [-0.39, 0.29) is 25.3 Å². The maximum atomic E-state index is 11.9. The van der Waals surface area contributed by atoms with Gasteiger partial charge in [-0.2, -0.15) is 0 Å². The molecular formula is C17H14N2O6. The number of ether oxygens (including phenoxy) is 1. The molecule has 0 aliphatic rings. The molecule has 0 saturated heterocycles. The van der Waals surface area contributed by atoms with Crippen molar-refractivity contribution in [3.8, 4) is 0 Å². The Labute approximate surface area is 141 Å². The summed E-state index contributed by atoms with van der Waals surface area (Å²) in [6, 6.07) is 12.9. The van der Waals surface area contributed by atoms with E-state index in [0.717, 1.165) is 0 Å². The number of oxazole rings is 1. The van der Waals surface area contributed by atoms with Crippen LogP contribution < -0.4 is 5.76 Å². The van der Waals surface area contributed by atoms with Crippen LogP contribution in [-0.2, 0) is 22.7 Å². The van der Waals surface area contributed by atoms with Crippen LogP contribution in [0.3, 0.4) is 0 Å². The lowest BCUT2D eigenvalue weighted by Gasteiger charge is -2.06. The second-order valence-electron chi connectivity index (χ2n) is 5.28.